The highest BCUT2D eigenvalue weighted by Gasteiger charge is 2.09. The molecule has 0 aliphatic heterocycles. The summed E-state index contributed by atoms with van der Waals surface area (Å²) in [5.74, 6) is 2.35. The second-order valence-electron chi connectivity index (χ2n) is 2.95. The number of aliphatic hydroxyl groups is 1. The van der Waals surface area contributed by atoms with Crippen LogP contribution >= 0.6 is 0 Å². The van der Waals surface area contributed by atoms with Crippen molar-refractivity contribution in [2.24, 2.45) is 0 Å². The minimum atomic E-state index is -0.518. The molecule has 0 aliphatic rings. The molecule has 0 aliphatic carbocycles. The van der Waals surface area contributed by atoms with Crippen molar-refractivity contribution in [3.63, 3.8) is 0 Å². The number of pyridine rings is 1. The monoisotopic (exact) mass is 192 g/mol. The summed E-state index contributed by atoms with van der Waals surface area (Å²) < 4.78 is 6.91. The van der Waals surface area contributed by atoms with Gasteiger partial charge in [0.05, 0.1) is 6.61 Å². The molecule has 0 radical (unpaired) electrons. The normalized spacial score (nSPS) is 12.0. The van der Waals surface area contributed by atoms with Crippen molar-refractivity contribution in [3.05, 3.63) is 30.6 Å². The smallest absolute Gasteiger partial charge is 0.176 e. The van der Waals surface area contributed by atoms with E-state index < -0.39 is 6.10 Å². The topological polar surface area (TPSA) is 33.3 Å². The van der Waals surface area contributed by atoms with Crippen molar-refractivity contribution >= 4 is 0 Å². The average Bonchev–Trinajstić information content (AvgIpc) is 2.20. The number of terminal acetylenes is 1. The molecule has 1 N–H and O–H groups in total. The molecule has 1 aromatic rings. The Morgan fingerprint density at radius 2 is 2.07 bits per heavy atom. The Hall–Kier alpha value is -1.37. The lowest BCUT2D eigenvalue weighted by Crippen LogP contribution is -2.40. The quantitative estimate of drug-likeness (QED) is 0.404. The molecule has 0 unspecified atom stereocenters. The SMILES string of the molecule is C#CCOC[C@@H](O)C[n+]1ccccc1. The van der Waals surface area contributed by atoms with Gasteiger partial charge in [0.1, 0.15) is 12.7 Å². The number of nitrogens with zero attached hydrogens (tertiary/aromatic N) is 1. The van der Waals surface area contributed by atoms with Gasteiger partial charge in [0.25, 0.3) is 0 Å². The van der Waals surface area contributed by atoms with Gasteiger partial charge in [-0.25, -0.2) is 4.57 Å². The van der Waals surface area contributed by atoms with E-state index in [0.29, 0.717) is 6.54 Å². The summed E-state index contributed by atoms with van der Waals surface area (Å²) in [5, 5.41) is 9.51. The summed E-state index contributed by atoms with van der Waals surface area (Å²) in [7, 11) is 0. The van der Waals surface area contributed by atoms with Crippen LogP contribution in [0.5, 0.6) is 0 Å². The van der Waals surface area contributed by atoms with Crippen LogP contribution in [0.4, 0.5) is 0 Å². The van der Waals surface area contributed by atoms with Crippen LogP contribution in [0.15, 0.2) is 30.6 Å². The summed E-state index contributed by atoms with van der Waals surface area (Å²) in [6.07, 6.45) is 8.27. The predicted molar refractivity (Wildman–Crippen MR) is 52.3 cm³/mol. The maximum atomic E-state index is 9.51. The van der Waals surface area contributed by atoms with E-state index in [2.05, 4.69) is 5.92 Å². The number of ether oxygens (including phenoxy) is 1. The maximum absolute atomic E-state index is 9.51. The number of aliphatic hydroxyl groups excluding tert-OH is 1. The van der Waals surface area contributed by atoms with Crippen LogP contribution in [0.1, 0.15) is 0 Å². The molecule has 1 heterocycles. The van der Waals surface area contributed by atoms with Crippen molar-refractivity contribution in [3.8, 4) is 12.3 Å². The third-order valence-electron chi connectivity index (χ3n) is 1.69. The third kappa shape index (κ3) is 4.04. The number of hydrogen-bond donors (Lipinski definition) is 1. The Bertz CT molecular complexity index is 292. The molecule has 0 amide bonds. The Balaban J connectivity index is 2.28. The average molecular weight is 192 g/mol. The molecule has 1 rings (SSSR count). The fourth-order valence-corrected chi connectivity index (χ4v) is 1.11. The van der Waals surface area contributed by atoms with Gasteiger partial charge in [-0.05, 0) is 0 Å². The Morgan fingerprint density at radius 3 is 2.71 bits per heavy atom. The van der Waals surface area contributed by atoms with E-state index >= 15 is 0 Å². The van der Waals surface area contributed by atoms with Crippen molar-refractivity contribution in [2.75, 3.05) is 13.2 Å². The lowest BCUT2D eigenvalue weighted by atomic mass is 10.3. The van der Waals surface area contributed by atoms with Crippen molar-refractivity contribution in [1.29, 1.82) is 0 Å². The highest BCUT2D eigenvalue weighted by Crippen LogP contribution is 1.86. The van der Waals surface area contributed by atoms with Crippen LogP contribution in [0.25, 0.3) is 0 Å². The summed E-state index contributed by atoms with van der Waals surface area (Å²) in [6.45, 7) is 1.04. The fourth-order valence-electron chi connectivity index (χ4n) is 1.11. The lowest BCUT2D eigenvalue weighted by Gasteiger charge is -2.05. The first-order valence-electron chi connectivity index (χ1n) is 4.46. The summed E-state index contributed by atoms with van der Waals surface area (Å²) in [6, 6.07) is 5.75. The van der Waals surface area contributed by atoms with Gasteiger partial charge < -0.3 is 9.84 Å². The van der Waals surface area contributed by atoms with Crippen molar-refractivity contribution < 1.29 is 14.4 Å². The lowest BCUT2D eigenvalue weighted by molar-refractivity contribution is -0.703. The van der Waals surface area contributed by atoms with Crippen LogP contribution in [-0.4, -0.2) is 24.4 Å². The highest BCUT2D eigenvalue weighted by atomic mass is 16.5. The second-order valence-corrected chi connectivity index (χ2v) is 2.95. The molecule has 1 atom stereocenters. The van der Waals surface area contributed by atoms with Gasteiger partial charge in [-0.15, -0.1) is 6.42 Å². The fraction of sp³-hybridized carbons (Fsp3) is 0.364. The molecule has 3 nitrogen and oxygen atoms in total. The van der Waals surface area contributed by atoms with Crippen LogP contribution in [-0.2, 0) is 11.3 Å². The number of rotatable bonds is 5. The second kappa shape index (κ2) is 6.14. The Kier molecular flexibility index (Phi) is 4.70. The largest absolute Gasteiger partial charge is 0.384 e. The molecule has 0 saturated heterocycles. The minimum absolute atomic E-state index is 0.247. The van der Waals surface area contributed by atoms with E-state index in [9.17, 15) is 5.11 Å². The zero-order chi connectivity index (χ0) is 10.2. The van der Waals surface area contributed by atoms with Gasteiger partial charge >= 0.3 is 0 Å². The van der Waals surface area contributed by atoms with E-state index in [1.807, 2.05) is 35.2 Å². The summed E-state index contributed by atoms with van der Waals surface area (Å²) >= 11 is 0. The zero-order valence-corrected chi connectivity index (χ0v) is 7.97. The summed E-state index contributed by atoms with van der Waals surface area (Å²) in [4.78, 5) is 0. The molecule has 0 fully saturated rings. The van der Waals surface area contributed by atoms with Gasteiger partial charge in [-0.2, -0.15) is 0 Å². The first-order valence-corrected chi connectivity index (χ1v) is 4.46. The van der Waals surface area contributed by atoms with Gasteiger partial charge in [0, 0.05) is 12.1 Å². The molecule has 0 spiro atoms. The zero-order valence-electron chi connectivity index (χ0n) is 7.97. The molecule has 14 heavy (non-hydrogen) atoms. The van der Waals surface area contributed by atoms with Crippen LogP contribution in [0.3, 0.4) is 0 Å². The van der Waals surface area contributed by atoms with Crippen LogP contribution in [0.2, 0.25) is 0 Å². The molecular formula is C11H14NO2+. The molecule has 74 valence electrons. The minimum Gasteiger partial charge on any atom is -0.384 e. The van der Waals surface area contributed by atoms with Crippen molar-refractivity contribution in [1.82, 2.24) is 0 Å². The standard InChI is InChI=1S/C11H14NO2/c1-2-8-14-10-11(13)9-12-6-4-3-5-7-12/h1,3-7,11,13H,8-10H2/q+1/t11-/m0/s1. The van der Waals surface area contributed by atoms with E-state index in [1.165, 1.54) is 0 Å². The van der Waals surface area contributed by atoms with E-state index in [-0.39, 0.29) is 13.2 Å². The van der Waals surface area contributed by atoms with E-state index in [0.717, 1.165) is 0 Å². The Morgan fingerprint density at radius 1 is 1.36 bits per heavy atom. The number of hydrogen-bond acceptors (Lipinski definition) is 2. The molecule has 0 bridgehead atoms. The maximum Gasteiger partial charge on any atom is 0.176 e. The van der Waals surface area contributed by atoms with Gasteiger partial charge in [-0.3, -0.25) is 0 Å². The molecular weight excluding hydrogens is 178 g/mol. The first-order chi connectivity index (χ1) is 6.83. The van der Waals surface area contributed by atoms with Crippen LogP contribution < -0.4 is 4.57 Å². The summed E-state index contributed by atoms with van der Waals surface area (Å²) in [5.41, 5.74) is 0. The number of aromatic nitrogens is 1. The molecule has 3 heteroatoms. The van der Waals surface area contributed by atoms with Crippen LogP contribution in [0, 0.1) is 12.3 Å². The molecule has 0 aromatic carbocycles. The van der Waals surface area contributed by atoms with Gasteiger partial charge in [0.15, 0.2) is 18.9 Å². The molecule has 1 aromatic heterocycles. The Labute approximate surface area is 84.0 Å². The van der Waals surface area contributed by atoms with E-state index in [4.69, 9.17) is 11.2 Å². The van der Waals surface area contributed by atoms with Gasteiger partial charge in [-0.1, -0.05) is 12.0 Å². The third-order valence-corrected chi connectivity index (χ3v) is 1.69. The predicted octanol–water partition coefficient (Wildman–Crippen LogP) is -0.0152. The van der Waals surface area contributed by atoms with E-state index in [1.54, 1.807) is 0 Å². The first kappa shape index (κ1) is 10.7. The van der Waals surface area contributed by atoms with Gasteiger partial charge in [0.2, 0.25) is 0 Å². The van der Waals surface area contributed by atoms with Crippen molar-refractivity contribution in [2.45, 2.75) is 12.6 Å². The molecule has 0 saturated carbocycles. The highest BCUT2D eigenvalue weighted by molar-refractivity contribution is 4.84.